The van der Waals surface area contributed by atoms with Crippen molar-refractivity contribution in [2.45, 2.75) is 45.9 Å². The SMILES string of the molecule is Cc1sc2nc(CN3CCOCC3)nc(NCc3cccc(NC(=O)C4CCCO4)c3)c2c1C. The van der Waals surface area contributed by atoms with Gasteiger partial charge in [0.05, 0.1) is 25.1 Å². The molecule has 0 saturated carbocycles. The molecule has 2 N–H and O–H groups in total. The van der Waals surface area contributed by atoms with E-state index in [9.17, 15) is 4.79 Å². The summed E-state index contributed by atoms with van der Waals surface area (Å²) >= 11 is 1.72. The monoisotopic (exact) mass is 481 g/mol. The largest absolute Gasteiger partial charge is 0.379 e. The minimum atomic E-state index is -0.342. The minimum Gasteiger partial charge on any atom is -0.379 e. The summed E-state index contributed by atoms with van der Waals surface area (Å²) < 4.78 is 11.0. The Kier molecular flexibility index (Phi) is 7.05. The molecule has 0 bridgehead atoms. The Hall–Kier alpha value is -2.59. The number of hydrogen-bond acceptors (Lipinski definition) is 8. The fourth-order valence-electron chi connectivity index (χ4n) is 4.40. The molecule has 1 aromatic carbocycles. The molecule has 3 aromatic rings. The number of benzene rings is 1. The lowest BCUT2D eigenvalue weighted by Crippen LogP contribution is -2.36. The van der Waals surface area contributed by atoms with E-state index in [0.717, 1.165) is 72.3 Å². The highest BCUT2D eigenvalue weighted by Gasteiger charge is 2.23. The molecular weight excluding hydrogens is 450 g/mol. The number of anilines is 2. The van der Waals surface area contributed by atoms with Crippen molar-refractivity contribution in [2.75, 3.05) is 43.5 Å². The molecule has 2 aliphatic rings. The molecule has 0 radical (unpaired) electrons. The zero-order chi connectivity index (χ0) is 23.5. The summed E-state index contributed by atoms with van der Waals surface area (Å²) in [7, 11) is 0. The zero-order valence-corrected chi connectivity index (χ0v) is 20.5. The number of aromatic nitrogens is 2. The van der Waals surface area contributed by atoms with Gasteiger partial charge in [-0.05, 0) is 49.9 Å². The van der Waals surface area contributed by atoms with E-state index < -0.39 is 0 Å². The molecule has 180 valence electrons. The Morgan fingerprint density at radius 1 is 1.21 bits per heavy atom. The van der Waals surface area contributed by atoms with Crippen LogP contribution in [0, 0.1) is 13.8 Å². The maximum atomic E-state index is 12.4. The van der Waals surface area contributed by atoms with Crippen LogP contribution in [-0.2, 0) is 27.4 Å². The second-order valence-electron chi connectivity index (χ2n) is 8.89. The number of carbonyl (C=O) groups excluding carboxylic acids is 1. The highest BCUT2D eigenvalue weighted by molar-refractivity contribution is 7.18. The first-order chi connectivity index (χ1) is 16.6. The molecule has 1 amide bonds. The van der Waals surface area contributed by atoms with Gasteiger partial charge in [-0.15, -0.1) is 11.3 Å². The molecule has 2 saturated heterocycles. The Morgan fingerprint density at radius 3 is 2.85 bits per heavy atom. The molecule has 8 nitrogen and oxygen atoms in total. The third kappa shape index (κ3) is 5.22. The quantitative estimate of drug-likeness (QED) is 0.530. The van der Waals surface area contributed by atoms with Gasteiger partial charge in [0.25, 0.3) is 5.91 Å². The number of thiophene rings is 1. The highest BCUT2D eigenvalue weighted by atomic mass is 32.1. The summed E-state index contributed by atoms with van der Waals surface area (Å²) in [6.07, 6.45) is 1.37. The Morgan fingerprint density at radius 2 is 2.06 bits per heavy atom. The van der Waals surface area contributed by atoms with E-state index in [4.69, 9.17) is 19.4 Å². The van der Waals surface area contributed by atoms with Gasteiger partial charge in [-0.25, -0.2) is 9.97 Å². The van der Waals surface area contributed by atoms with Gasteiger partial charge in [0, 0.05) is 36.8 Å². The molecule has 0 spiro atoms. The van der Waals surface area contributed by atoms with Gasteiger partial charge in [0.1, 0.15) is 22.6 Å². The summed E-state index contributed by atoms with van der Waals surface area (Å²) in [6, 6.07) is 7.92. The Bertz CT molecular complexity index is 1170. The van der Waals surface area contributed by atoms with Crippen LogP contribution in [0.5, 0.6) is 0 Å². The fourth-order valence-corrected chi connectivity index (χ4v) is 5.45. The van der Waals surface area contributed by atoms with Crippen LogP contribution in [0.25, 0.3) is 10.2 Å². The third-order valence-corrected chi connectivity index (χ3v) is 7.52. The first-order valence-corrected chi connectivity index (χ1v) is 12.7. The lowest BCUT2D eigenvalue weighted by atomic mass is 10.1. The number of aryl methyl sites for hydroxylation is 2. The second kappa shape index (κ2) is 10.4. The van der Waals surface area contributed by atoms with Crippen molar-refractivity contribution in [2.24, 2.45) is 0 Å². The van der Waals surface area contributed by atoms with Crippen LogP contribution >= 0.6 is 11.3 Å². The summed E-state index contributed by atoms with van der Waals surface area (Å²) in [5.74, 6) is 1.62. The topological polar surface area (TPSA) is 88.6 Å². The van der Waals surface area contributed by atoms with Crippen LogP contribution in [0.3, 0.4) is 0 Å². The van der Waals surface area contributed by atoms with E-state index in [1.165, 1.54) is 10.4 Å². The van der Waals surface area contributed by atoms with Crippen LogP contribution in [-0.4, -0.2) is 59.8 Å². The number of hydrogen-bond donors (Lipinski definition) is 2. The van der Waals surface area contributed by atoms with E-state index in [1.54, 1.807) is 11.3 Å². The van der Waals surface area contributed by atoms with E-state index >= 15 is 0 Å². The van der Waals surface area contributed by atoms with Gasteiger partial charge >= 0.3 is 0 Å². The van der Waals surface area contributed by atoms with Crippen molar-refractivity contribution < 1.29 is 14.3 Å². The first-order valence-electron chi connectivity index (χ1n) is 11.9. The minimum absolute atomic E-state index is 0.0720. The molecule has 2 aliphatic heterocycles. The van der Waals surface area contributed by atoms with Gasteiger partial charge in [-0.3, -0.25) is 9.69 Å². The number of morpholine rings is 1. The van der Waals surface area contributed by atoms with E-state index in [0.29, 0.717) is 19.7 Å². The lowest BCUT2D eigenvalue weighted by Gasteiger charge is -2.25. The van der Waals surface area contributed by atoms with E-state index in [2.05, 4.69) is 29.4 Å². The molecular formula is C25H31N5O3S. The van der Waals surface area contributed by atoms with Crippen molar-refractivity contribution in [3.63, 3.8) is 0 Å². The van der Waals surface area contributed by atoms with Crippen molar-refractivity contribution in [1.29, 1.82) is 0 Å². The van der Waals surface area contributed by atoms with E-state index in [-0.39, 0.29) is 12.0 Å². The molecule has 9 heteroatoms. The summed E-state index contributed by atoms with van der Waals surface area (Å²) in [4.78, 5) is 26.8. The van der Waals surface area contributed by atoms with Crippen molar-refractivity contribution in [3.8, 4) is 0 Å². The summed E-state index contributed by atoms with van der Waals surface area (Å²) in [5, 5.41) is 7.63. The standard InChI is InChI=1S/C25H31N5O3S/c1-16-17(2)34-25-22(16)23(28-21(29-25)15-30-8-11-32-12-9-30)26-14-18-5-3-6-19(13-18)27-24(31)20-7-4-10-33-20/h3,5-6,13,20H,4,7-12,14-15H2,1-2H3,(H,27,31)(H,26,28,29). The van der Waals surface area contributed by atoms with Gasteiger partial charge in [0.15, 0.2) is 0 Å². The molecule has 0 aliphatic carbocycles. The number of carbonyl (C=O) groups is 1. The predicted molar refractivity (Wildman–Crippen MR) is 134 cm³/mol. The number of amides is 1. The molecule has 1 unspecified atom stereocenters. The molecule has 34 heavy (non-hydrogen) atoms. The second-order valence-corrected chi connectivity index (χ2v) is 10.1. The zero-order valence-electron chi connectivity index (χ0n) is 19.7. The fraction of sp³-hybridized carbons (Fsp3) is 0.480. The first kappa shape index (κ1) is 23.2. The van der Waals surface area contributed by atoms with Crippen LogP contribution in [0.1, 0.15) is 34.7 Å². The smallest absolute Gasteiger partial charge is 0.253 e. The molecule has 2 aromatic heterocycles. The number of ether oxygens (including phenoxy) is 2. The lowest BCUT2D eigenvalue weighted by molar-refractivity contribution is -0.124. The average Bonchev–Trinajstić information content (AvgIpc) is 3.47. The van der Waals surface area contributed by atoms with E-state index in [1.807, 2.05) is 24.3 Å². The molecule has 5 rings (SSSR count). The van der Waals surface area contributed by atoms with Crippen LogP contribution < -0.4 is 10.6 Å². The van der Waals surface area contributed by atoms with Crippen molar-refractivity contribution in [1.82, 2.24) is 14.9 Å². The Balaban J connectivity index is 1.33. The van der Waals surface area contributed by atoms with Gasteiger partial charge in [0.2, 0.25) is 0 Å². The summed E-state index contributed by atoms with van der Waals surface area (Å²) in [6.45, 7) is 9.54. The summed E-state index contributed by atoms with van der Waals surface area (Å²) in [5.41, 5.74) is 3.07. The molecule has 2 fully saturated rings. The van der Waals surface area contributed by atoms with Gasteiger partial charge in [-0.1, -0.05) is 12.1 Å². The third-order valence-electron chi connectivity index (χ3n) is 6.42. The molecule has 4 heterocycles. The van der Waals surface area contributed by atoms with Crippen LogP contribution in [0.15, 0.2) is 24.3 Å². The van der Waals surface area contributed by atoms with Gasteiger partial charge in [-0.2, -0.15) is 0 Å². The number of nitrogens with zero attached hydrogens (tertiary/aromatic N) is 3. The number of fused-ring (bicyclic) bond motifs is 1. The molecule has 1 atom stereocenters. The normalized spacial score (nSPS) is 18.9. The average molecular weight is 482 g/mol. The van der Waals surface area contributed by atoms with Crippen LogP contribution in [0.2, 0.25) is 0 Å². The predicted octanol–water partition coefficient (Wildman–Crippen LogP) is 3.87. The number of rotatable bonds is 7. The highest BCUT2D eigenvalue weighted by Crippen LogP contribution is 2.33. The number of nitrogens with one attached hydrogen (secondary N) is 2. The van der Waals surface area contributed by atoms with Gasteiger partial charge < -0.3 is 20.1 Å². The Labute approximate surface area is 203 Å². The van der Waals surface area contributed by atoms with Crippen LogP contribution in [0.4, 0.5) is 11.5 Å². The maximum absolute atomic E-state index is 12.4. The van der Waals surface area contributed by atoms with Crippen molar-refractivity contribution in [3.05, 3.63) is 46.1 Å². The van der Waals surface area contributed by atoms with Crippen molar-refractivity contribution >= 4 is 39.0 Å². The maximum Gasteiger partial charge on any atom is 0.253 e.